The van der Waals surface area contributed by atoms with Crippen LogP contribution >= 0.6 is 0 Å². The zero-order chi connectivity index (χ0) is 19.4. The number of fused-ring (bicyclic) bond motifs is 1. The molecule has 0 amide bonds. The van der Waals surface area contributed by atoms with Gasteiger partial charge in [-0.1, -0.05) is 18.2 Å². The van der Waals surface area contributed by atoms with E-state index in [-0.39, 0.29) is 12.0 Å². The second-order valence-corrected chi connectivity index (χ2v) is 5.85. The Balaban J connectivity index is 1.96. The molecule has 6 heteroatoms. The fraction of sp³-hybridized carbons (Fsp3) is 0.238. The molecule has 1 atom stereocenters. The van der Waals surface area contributed by atoms with Crippen LogP contribution in [-0.4, -0.2) is 25.8 Å². The summed E-state index contributed by atoms with van der Waals surface area (Å²) in [5.41, 5.74) is 1.26. The Bertz CT molecular complexity index is 1020. The second-order valence-electron chi connectivity index (χ2n) is 5.85. The van der Waals surface area contributed by atoms with Crippen molar-refractivity contribution in [2.75, 3.05) is 13.7 Å². The third-order valence-electron chi connectivity index (χ3n) is 4.07. The van der Waals surface area contributed by atoms with Gasteiger partial charge in [-0.25, -0.2) is 4.79 Å². The van der Waals surface area contributed by atoms with E-state index in [0.29, 0.717) is 33.6 Å². The van der Waals surface area contributed by atoms with E-state index >= 15 is 0 Å². The van der Waals surface area contributed by atoms with Crippen LogP contribution in [0.15, 0.2) is 57.9 Å². The van der Waals surface area contributed by atoms with E-state index in [4.69, 9.17) is 18.6 Å². The first-order valence-electron chi connectivity index (χ1n) is 8.57. The van der Waals surface area contributed by atoms with Gasteiger partial charge in [-0.2, -0.15) is 0 Å². The molecule has 0 saturated carbocycles. The van der Waals surface area contributed by atoms with Gasteiger partial charge in [-0.15, -0.1) is 0 Å². The number of hydrogen-bond acceptors (Lipinski definition) is 6. The minimum Gasteiger partial charge on any atom is -0.496 e. The monoisotopic (exact) mass is 368 g/mol. The summed E-state index contributed by atoms with van der Waals surface area (Å²) in [5.74, 6) is 0.550. The van der Waals surface area contributed by atoms with E-state index in [2.05, 4.69) is 0 Å². The van der Waals surface area contributed by atoms with Crippen LogP contribution in [0.5, 0.6) is 11.5 Å². The number of benzene rings is 2. The molecule has 0 bridgehead atoms. The fourth-order valence-corrected chi connectivity index (χ4v) is 2.75. The summed E-state index contributed by atoms with van der Waals surface area (Å²) < 4.78 is 21.5. The highest BCUT2D eigenvalue weighted by molar-refractivity contribution is 5.84. The third-order valence-corrected chi connectivity index (χ3v) is 4.07. The zero-order valence-corrected chi connectivity index (χ0v) is 15.4. The Morgan fingerprint density at radius 1 is 1.15 bits per heavy atom. The molecule has 0 aliphatic heterocycles. The lowest BCUT2D eigenvalue weighted by molar-refractivity contribution is -0.150. The van der Waals surface area contributed by atoms with Crippen LogP contribution in [0.3, 0.4) is 0 Å². The maximum atomic E-state index is 12.9. The highest BCUT2D eigenvalue weighted by atomic mass is 16.6. The first kappa shape index (κ1) is 18.5. The summed E-state index contributed by atoms with van der Waals surface area (Å²) in [6.07, 6.45) is 0.642. The quantitative estimate of drug-likeness (QED) is 0.616. The van der Waals surface area contributed by atoms with Gasteiger partial charge >= 0.3 is 5.97 Å². The Kier molecular flexibility index (Phi) is 5.45. The lowest BCUT2D eigenvalue weighted by Crippen LogP contribution is -2.26. The van der Waals surface area contributed by atoms with Crippen molar-refractivity contribution in [1.82, 2.24) is 0 Å². The molecule has 0 saturated heterocycles. The van der Waals surface area contributed by atoms with Gasteiger partial charge in [0.2, 0.25) is 5.43 Å². The van der Waals surface area contributed by atoms with Crippen molar-refractivity contribution in [3.63, 3.8) is 0 Å². The molecule has 0 radical (unpaired) electrons. The van der Waals surface area contributed by atoms with E-state index in [1.165, 1.54) is 6.26 Å². The van der Waals surface area contributed by atoms with Crippen molar-refractivity contribution >= 4 is 16.9 Å². The highest BCUT2D eigenvalue weighted by Crippen LogP contribution is 2.29. The number of carbonyl (C=O) groups is 1. The van der Waals surface area contributed by atoms with Crippen molar-refractivity contribution in [1.29, 1.82) is 0 Å². The molecular formula is C21H20O6. The predicted molar refractivity (Wildman–Crippen MR) is 101 cm³/mol. The number of esters is 1. The van der Waals surface area contributed by atoms with Gasteiger partial charge in [-0.05, 0) is 32.0 Å². The van der Waals surface area contributed by atoms with E-state index in [0.717, 1.165) is 0 Å². The SMILES string of the molecule is CCOC(=O)[C@@H](C)Oc1ccc2c(=O)c(-c3ccccc3OC)coc2c1. The smallest absolute Gasteiger partial charge is 0.347 e. The van der Waals surface area contributed by atoms with Gasteiger partial charge in [0.05, 0.1) is 24.7 Å². The molecule has 1 heterocycles. The predicted octanol–water partition coefficient (Wildman–Crippen LogP) is 3.80. The van der Waals surface area contributed by atoms with Crippen molar-refractivity contribution in [2.24, 2.45) is 0 Å². The molecule has 0 N–H and O–H groups in total. The Labute approximate surface area is 156 Å². The Morgan fingerprint density at radius 2 is 1.93 bits per heavy atom. The van der Waals surface area contributed by atoms with Gasteiger partial charge in [0.1, 0.15) is 23.3 Å². The lowest BCUT2D eigenvalue weighted by Gasteiger charge is -2.13. The number of ether oxygens (including phenoxy) is 3. The van der Waals surface area contributed by atoms with Crippen LogP contribution in [-0.2, 0) is 9.53 Å². The number of methoxy groups -OCH3 is 1. The summed E-state index contributed by atoms with van der Waals surface area (Å²) in [7, 11) is 1.55. The zero-order valence-electron chi connectivity index (χ0n) is 15.4. The largest absolute Gasteiger partial charge is 0.496 e. The molecule has 140 valence electrons. The molecule has 0 unspecified atom stereocenters. The van der Waals surface area contributed by atoms with E-state index < -0.39 is 12.1 Å². The summed E-state index contributed by atoms with van der Waals surface area (Å²) in [6.45, 7) is 3.61. The van der Waals surface area contributed by atoms with Gasteiger partial charge < -0.3 is 18.6 Å². The molecule has 0 fully saturated rings. The molecule has 0 aliphatic carbocycles. The topological polar surface area (TPSA) is 75.0 Å². The number of carbonyl (C=O) groups excluding carboxylic acids is 1. The lowest BCUT2D eigenvalue weighted by atomic mass is 10.0. The average Bonchev–Trinajstić information content (AvgIpc) is 2.68. The van der Waals surface area contributed by atoms with Crippen molar-refractivity contribution in [3.05, 3.63) is 59.0 Å². The first-order valence-corrected chi connectivity index (χ1v) is 8.57. The number of rotatable bonds is 6. The molecule has 6 nitrogen and oxygen atoms in total. The van der Waals surface area contributed by atoms with Gasteiger partial charge in [0, 0.05) is 11.6 Å². The molecule has 27 heavy (non-hydrogen) atoms. The summed E-state index contributed by atoms with van der Waals surface area (Å²) >= 11 is 0. The molecule has 0 aliphatic rings. The third kappa shape index (κ3) is 3.79. The van der Waals surface area contributed by atoms with Crippen LogP contribution < -0.4 is 14.9 Å². The summed E-state index contributed by atoms with van der Waals surface area (Å²) in [5, 5.41) is 0.412. The van der Waals surface area contributed by atoms with Crippen LogP contribution in [0.2, 0.25) is 0 Å². The Morgan fingerprint density at radius 3 is 2.67 bits per heavy atom. The van der Waals surface area contributed by atoms with Crippen LogP contribution in [0.1, 0.15) is 13.8 Å². The highest BCUT2D eigenvalue weighted by Gasteiger charge is 2.17. The summed E-state index contributed by atoms with van der Waals surface area (Å²) in [6, 6.07) is 12.1. The minimum absolute atomic E-state index is 0.175. The van der Waals surface area contributed by atoms with Crippen LogP contribution in [0.4, 0.5) is 0 Å². The van der Waals surface area contributed by atoms with E-state index in [9.17, 15) is 9.59 Å². The minimum atomic E-state index is -0.762. The van der Waals surface area contributed by atoms with Crippen LogP contribution in [0.25, 0.3) is 22.1 Å². The van der Waals surface area contributed by atoms with Crippen molar-refractivity contribution in [2.45, 2.75) is 20.0 Å². The molecule has 1 aromatic heterocycles. The fourth-order valence-electron chi connectivity index (χ4n) is 2.75. The van der Waals surface area contributed by atoms with Crippen LogP contribution in [0, 0.1) is 0 Å². The molecule has 2 aromatic carbocycles. The second kappa shape index (κ2) is 7.95. The molecule has 0 spiro atoms. The normalized spacial score (nSPS) is 11.8. The maximum absolute atomic E-state index is 12.9. The molecule has 3 rings (SSSR count). The van der Waals surface area contributed by atoms with Gasteiger partial charge in [0.25, 0.3) is 0 Å². The van der Waals surface area contributed by atoms with E-state index in [1.807, 2.05) is 12.1 Å². The Hall–Kier alpha value is -3.28. The number of hydrogen-bond donors (Lipinski definition) is 0. The molecule has 3 aromatic rings. The van der Waals surface area contributed by atoms with Gasteiger partial charge in [-0.3, -0.25) is 4.79 Å². The standard InChI is InChI=1S/C21H20O6/c1-4-25-21(23)13(2)27-14-9-10-16-19(11-14)26-12-17(20(16)22)15-7-5-6-8-18(15)24-3/h5-13H,4H2,1-3H3/t13-/m1/s1. The van der Waals surface area contributed by atoms with Crippen molar-refractivity contribution < 1.29 is 23.4 Å². The average molecular weight is 368 g/mol. The first-order chi connectivity index (χ1) is 13.0. The van der Waals surface area contributed by atoms with Crippen molar-refractivity contribution in [3.8, 4) is 22.6 Å². The summed E-state index contributed by atoms with van der Waals surface area (Å²) in [4.78, 5) is 24.6. The van der Waals surface area contributed by atoms with E-state index in [1.54, 1.807) is 51.3 Å². The molecular weight excluding hydrogens is 348 g/mol. The number of para-hydroxylation sites is 1. The van der Waals surface area contributed by atoms with Gasteiger partial charge in [0.15, 0.2) is 6.10 Å². The maximum Gasteiger partial charge on any atom is 0.347 e.